The summed E-state index contributed by atoms with van der Waals surface area (Å²) in [6.07, 6.45) is 0. The Morgan fingerprint density at radius 2 is 1.95 bits per heavy atom. The Morgan fingerprint density at radius 3 is 2.64 bits per heavy atom. The minimum Gasteiger partial charge on any atom is -0.339 e. The first kappa shape index (κ1) is 14.4. The summed E-state index contributed by atoms with van der Waals surface area (Å²) in [5.74, 6) is 0.575. The Morgan fingerprint density at radius 1 is 1.23 bits per heavy atom. The summed E-state index contributed by atoms with van der Waals surface area (Å²) in [5.41, 5.74) is 0.516. The summed E-state index contributed by atoms with van der Waals surface area (Å²) >= 11 is 0. The second kappa shape index (κ2) is 5.69. The van der Waals surface area contributed by atoms with Crippen molar-refractivity contribution in [1.29, 1.82) is 0 Å². The molecular formula is C15H18N4O3. The molecule has 1 aliphatic heterocycles. The lowest BCUT2D eigenvalue weighted by atomic mass is 10.2. The molecule has 116 valence electrons. The predicted molar refractivity (Wildman–Crippen MR) is 84.2 cm³/mol. The van der Waals surface area contributed by atoms with E-state index in [2.05, 4.69) is 4.98 Å². The second-order valence-corrected chi connectivity index (χ2v) is 5.14. The van der Waals surface area contributed by atoms with Crippen molar-refractivity contribution >= 4 is 11.5 Å². The molecule has 0 fully saturated rings. The highest BCUT2D eigenvalue weighted by Crippen LogP contribution is 2.30. The number of H-pyrrole nitrogens is 1. The lowest BCUT2D eigenvalue weighted by molar-refractivity contribution is 0.125. The molecule has 7 heteroatoms. The Bertz CT molecular complexity index is 782. The van der Waals surface area contributed by atoms with Crippen molar-refractivity contribution in [2.24, 2.45) is 0 Å². The molecule has 0 saturated heterocycles. The van der Waals surface area contributed by atoms with Crippen molar-refractivity contribution < 1.29 is 4.84 Å². The summed E-state index contributed by atoms with van der Waals surface area (Å²) < 4.78 is 1.56. The highest BCUT2D eigenvalue weighted by molar-refractivity contribution is 5.70. The van der Waals surface area contributed by atoms with Crippen molar-refractivity contribution in [3.8, 4) is 0 Å². The van der Waals surface area contributed by atoms with Gasteiger partial charge in [0.1, 0.15) is 12.5 Å². The zero-order valence-corrected chi connectivity index (χ0v) is 12.6. The molecular weight excluding hydrogens is 284 g/mol. The van der Waals surface area contributed by atoms with E-state index >= 15 is 0 Å². The summed E-state index contributed by atoms with van der Waals surface area (Å²) in [5, 5.41) is 1.52. The zero-order chi connectivity index (χ0) is 15.7. The minimum absolute atomic E-state index is 0.375. The normalized spacial score (nSPS) is 13.5. The molecule has 1 aromatic carbocycles. The first-order valence-electron chi connectivity index (χ1n) is 7.14. The fraction of sp³-hybridized carbons (Fsp3) is 0.333. The molecule has 1 aliphatic rings. The number of nitrogens with one attached hydrogen (secondary N) is 1. The molecule has 0 aliphatic carbocycles. The summed E-state index contributed by atoms with van der Waals surface area (Å²) in [6.45, 7) is 3.10. The molecule has 0 saturated carbocycles. The van der Waals surface area contributed by atoms with Gasteiger partial charge in [0.25, 0.3) is 5.56 Å². The molecule has 22 heavy (non-hydrogen) atoms. The number of hydrogen-bond acceptors (Lipinski definition) is 5. The number of nitrogens with zero attached hydrogens (tertiary/aromatic N) is 3. The molecule has 2 heterocycles. The number of hydroxylamine groups is 1. The van der Waals surface area contributed by atoms with Gasteiger partial charge in [0.15, 0.2) is 5.69 Å². The largest absolute Gasteiger partial charge is 0.339 e. The standard InChI is InChI=1S/C15H18N4O3/c1-3-22-19-10-17(2)14-12(19)13(20)16-15(21)18(14)9-11-7-5-4-6-8-11/h4-8H,3,9-10H2,1-2H3,(H,16,20,21). The first-order valence-corrected chi connectivity index (χ1v) is 7.14. The molecule has 1 aromatic heterocycles. The quantitative estimate of drug-likeness (QED) is 0.902. The van der Waals surface area contributed by atoms with Crippen LogP contribution in [0, 0.1) is 0 Å². The smallest absolute Gasteiger partial charge is 0.330 e. The Balaban J connectivity index is 2.12. The summed E-state index contributed by atoms with van der Waals surface area (Å²) in [6, 6.07) is 9.65. The van der Waals surface area contributed by atoms with E-state index in [9.17, 15) is 9.59 Å². The van der Waals surface area contributed by atoms with Gasteiger partial charge >= 0.3 is 5.69 Å². The molecule has 0 amide bonds. The average molecular weight is 302 g/mol. The van der Waals surface area contributed by atoms with E-state index in [4.69, 9.17) is 4.84 Å². The van der Waals surface area contributed by atoms with E-state index in [-0.39, 0.29) is 0 Å². The van der Waals surface area contributed by atoms with E-state index in [0.717, 1.165) is 5.56 Å². The number of benzene rings is 1. The molecule has 7 nitrogen and oxygen atoms in total. The van der Waals surface area contributed by atoms with Crippen molar-refractivity contribution in [3.63, 3.8) is 0 Å². The third kappa shape index (κ3) is 2.39. The number of fused-ring (bicyclic) bond motifs is 1. The van der Waals surface area contributed by atoms with Gasteiger partial charge in [0.2, 0.25) is 0 Å². The van der Waals surface area contributed by atoms with Gasteiger partial charge < -0.3 is 4.90 Å². The van der Waals surface area contributed by atoms with Crippen LogP contribution in [0.15, 0.2) is 39.9 Å². The Hall–Kier alpha value is -2.54. The van der Waals surface area contributed by atoms with Crippen LogP contribution in [-0.4, -0.2) is 29.9 Å². The van der Waals surface area contributed by atoms with Gasteiger partial charge in [0.05, 0.1) is 13.2 Å². The van der Waals surface area contributed by atoms with Crippen molar-refractivity contribution in [1.82, 2.24) is 9.55 Å². The van der Waals surface area contributed by atoms with Crippen LogP contribution in [0.5, 0.6) is 0 Å². The number of rotatable bonds is 4. The van der Waals surface area contributed by atoms with Crippen LogP contribution in [0.1, 0.15) is 12.5 Å². The van der Waals surface area contributed by atoms with Crippen LogP contribution in [0.4, 0.5) is 11.5 Å². The number of hydrogen-bond donors (Lipinski definition) is 1. The second-order valence-electron chi connectivity index (χ2n) is 5.14. The minimum atomic E-state index is -0.429. The SMILES string of the molecule is CCON1CN(C)c2c1c(=O)[nH]c(=O)n2Cc1ccccc1. The fourth-order valence-electron chi connectivity index (χ4n) is 2.67. The number of anilines is 2. The molecule has 0 bridgehead atoms. The lowest BCUT2D eigenvalue weighted by Crippen LogP contribution is -2.33. The van der Waals surface area contributed by atoms with Gasteiger partial charge in [0, 0.05) is 7.05 Å². The van der Waals surface area contributed by atoms with E-state index in [1.807, 2.05) is 49.2 Å². The van der Waals surface area contributed by atoms with E-state index < -0.39 is 11.2 Å². The monoisotopic (exact) mass is 302 g/mol. The number of aromatic amines is 1. The predicted octanol–water partition coefficient (Wildman–Crippen LogP) is 0.750. The third-order valence-corrected chi connectivity index (χ3v) is 3.57. The lowest BCUT2D eigenvalue weighted by Gasteiger charge is -2.16. The number of aromatic nitrogens is 2. The van der Waals surface area contributed by atoms with Crippen LogP contribution in [-0.2, 0) is 11.4 Å². The van der Waals surface area contributed by atoms with E-state index in [0.29, 0.717) is 31.3 Å². The van der Waals surface area contributed by atoms with Crippen LogP contribution in [0.2, 0.25) is 0 Å². The molecule has 0 atom stereocenters. The van der Waals surface area contributed by atoms with Crippen LogP contribution >= 0.6 is 0 Å². The fourth-order valence-corrected chi connectivity index (χ4v) is 2.67. The molecule has 3 rings (SSSR count). The van der Waals surface area contributed by atoms with Crippen molar-refractivity contribution in [2.75, 3.05) is 30.3 Å². The summed E-state index contributed by atoms with van der Waals surface area (Å²) in [7, 11) is 1.83. The molecule has 0 unspecified atom stereocenters. The van der Waals surface area contributed by atoms with E-state index in [1.165, 1.54) is 5.06 Å². The highest BCUT2D eigenvalue weighted by atomic mass is 16.7. The van der Waals surface area contributed by atoms with Gasteiger partial charge in [-0.2, -0.15) is 0 Å². The van der Waals surface area contributed by atoms with Gasteiger partial charge in [-0.05, 0) is 12.5 Å². The first-order chi connectivity index (χ1) is 10.6. The maximum atomic E-state index is 12.2. The van der Waals surface area contributed by atoms with Gasteiger partial charge in [-0.25, -0.2) is 9.86 Å². The van der Waals surface area contributed by atoms with Crippen molar-refractivity contribution in [2.45, 2.75) is 13.5 Å². The Labute approximate surface area is 127 Å². The average Bonchev–Trinajstić information content (AvgIpc) is 2.82. The van der Waals surface area contributed by atoms with Crippen LogP contribution in [0.3, 0.4) is 0 Å². The van der Waals surface area contributed by atoms with Gasteiger partial charge in [-0.1, -0.05) is 30.3 Å². The van der Waals surface area contributed by atoms with Crippen LogP contribution < -0.4 is 21.2 Å². The maximum Gasteiger partial charge on any atom is 0.330 e. The zero-order valence-electron chi connectivity index (χ0n) is 12.6. The van der Waals surface area contributed by atoms with Crippen molar-refractivity contribution in [3.05, 3.63) is 56.7 Å². The Kier molecular flexibility index (Phi) is 3.72. The summed E-state index contributed by atoms with van der Waals surface area (Å²) in [4.78, 5) is 34.1. The third-order valence-electron chi connectivity index (χ3n) is 3.57. The topological polar surface area (TPSA) is 70.6 Å². The van der Waals surface area contributed by atoms with Gasteiger partial charge in [-0.3, -0.25) is 19.2 Å². The van der Waals surface area contributed by atoms with Crippen LogP contribution in [0.25, 0.3) is 0 Å². The molecule has 0 radical (unpaired) electrons. The highest BCUT2D eigenvalue weighted by Gasteiger charge is 2.31. The molecule has 2 aromatic rings. The molecule has 1 N–H and O–H groups in total. The van der Waals surface area contributed by atoms with Gasteiger partial charge in [-0.15, -0.1) is 0 Å². The molecule has 0 spiro atoms. The van der Waals surface area contributed by atoms with E-state index in [1.54, 1.807) is 4.57 Å². The maximum absolute atomic E-state index is 12.2.